The Bertz CT molecular complexity index is 179. The molecule has 0 bridgehead atoms. The van der Waals surface area contributed by atoms with Crippen LogP contribution in [0.25, 0.3) is 0 Å². The van der Waals surface area contributed by atoms with Gasteiger partial charge in [-0.15, -0.1) is 0 Å². The van der Waals surface area contributed by atoms with Gasteiger partial charge in [-0.3, -0.25) is 0 Å². The van der Waals surface area contributed by atoms with Gasteiger partial charge in [0, 0.05) is 13.3 Å². The lowest BCUT2D eigenvalue weighted by Crippen LogP contribution is -2.24. The average molecular weight is 212 g/mol. The van der Waals surface area contributed by atoms with E-state index in [-0.39, 0.29) is 5.79 Å². The fourth-order valence-corrected chi connectivity index (χ4v) is 1.89. The van der Waals surface area contributed by atoms with Crippen molar-refractivity contribution in [3.63, 3.8) is 0 Å². The van der Waals surface area contributed by atoms with E-state index in [1.54, 1.807) is 12.5 Å². The molecule has 0 spiro atoms. The maximum atomic E-state index is 5.38. The van der Waals surface area contributed by atoms with Gasteiger partial charge in [0.1, 0.15) is 12.5 Å². The number of hydrogen-bond acceptors (Lipinski definition) is 2. The van der Waals surface area contributed by atoms with Crippen LogP contribution in [0, 0.1) is 0 Å². The first-order valence-corrected chi connectivity index (χ1v) is 6.27. The Hall–Kier alpha value is -0.660. The molecule has 0 N–H and O–H groups in total. The van der Waals surface area contributed by atoms with Crippen LogP contribution in [0.1, 0.15) is 65.2 Å². The van der Waals surface area contributed by atoms with Crippen molar-refractivity contribution in [2.24, 2.45) is 0 Å². The van der Waals surface area contributed by atoms with Crippen LogP contribution in [0.3, 0.4) is 0 Å². The number of rotatable bonds is 8. The molecule has 0 atom stereocenters. The normalized spacial score (nSPS) is 17.5. The highest BCUT2D eigenvalue weighted by Gasteiger charge is 2.28. The van der Waals surface area contributed by atoms with Gasteiger partial charge in [-0.2, -0.15) is 0 Å². The summed E-state index contributed by atoms with van der Waals surface area (Å²) >= 11 is 0. The maximum absolute atomic E-state index is 5.38. The lowest BCUT2D eigenvalue weighted by molar-refractivity contribution is -0.131. The summed E-state index contributed by atoms with van der Waals surface area (Å²) in [6, 6.07) is 0. The smallest absolute Gasteiger partial charge is 0.247 e. The molecule has 1 aliphatic heterocycles. The van der Waals surface area contributed by atoms with Crippen LogP contribution in [0.5, 0.6) is 0 Å². The molecule has 0 saturated carbocycles. The highest BCUT2D eigenvalue weighted by atomic mass is 16.7. The van der Waals surface area contributed by atoms with Gasteiger partial charge in [0.25, 0.3) is 0 Å². The predicted octanol–water partition coefficient (Wildman–Crippen LogP) is 4.36. The van der Waals surface area contributed by atoms with Crippen LogP contribution >= 0.6 is 0 Å². The molecule has 0 aliphatic carbocycles. The molecule has 1 heterocycles. The molecule has 0 aromatic heterocycles. The maximum Gasteiger partial charge on any atom is 0.247 e. The summed E-state index contributed by atoms with van der Waals surface area (Å²) in [5.74, 6) is -0.372. The summed E-state index contributed by atoms with van der Waals surface area (Å²) in [7, 11) is 0. The molecular weight excluding hydrogens is 188 g/mol. The van der Waals surface area contributed by atoms with Crippen molar-refractivity contribution >= 4 is 0 Å². The molecule has 0 fully saturated rings. The van der Waals surface area contributed by atoms with E-state index in [9.17, 15) is 0 Å². The van der Waals surface area contributed by atoms with Gasteiger partial charge >= 0.3 is 0 Å². The standard InChI is InChI=1S/C13H24O2/c1-3-4-5-6-7-8-9-10-13(2)14-11-12-15-13/h11-12H,3-10H2,1-2H3. The lowest BCUT2D eigenvalue weighted by atomic mass is 10.1. The van der Waals surface area contributed by atoms with Crippen molar-refractivity contribution in [1.82, 2.24) is 0 Å². The minimum atomic E-state index is -0.372. The zero-order chi connectivity index (χ0) is 11.0. The molecule has 0 aromatic carbocycles. The topological polar surface area (TPSA) is 18.5 Å². The first kappa shape index (κ1) is 12.4. The third-order valence-corrected chi connectivity index (χ3v) is 2.92. The van der Waals surface area contributed by atoms with Crippen LogP contribution in [0.15, 0.2) is 12.5 Å². The van der Waals surface area contributed by atoms with Gasteiger partial charge in [0.15, 0.2) is 0 Å². The second kappa shape index (κ2) is 6.76. The molecule has 1 aliphatic rings. The van der Waals surface area contributed by atoms with Crippen LogP contribution in [0.2, 0.25) is 0 Å². The molecule has 0 unspecified atom stereocenters. The number of hydrogen-bond donors (Lipinski definition) is 0. The van der Waals surface area contributed by atoms with Crippen molar-refractivity contribution in [3.8, 4) is 0 Å². The van der Waals surface area contributed by atoms with Gasteiger partial charge in [-0.1, -0.05) is 45.4 Å². The predicted molar refractivity (Wildman–Crippen MR) is 62.3 cm³/mol. The van der Waals surface area contributed by atoms with Gasteiger partial charge in [-0.25, -0.2) is 0 Å². The first-order valence-electron chi connectivity index (χ1n) is 6.27. The zero-order valence-corrected chi connectivity index (χ0v) is 10.1. The highest BCUT2D eigenvalue weighted by Crippen LogP contribution is 2.26. The molecule has 0 amide bonds. The summed E-state index contributed by atoms with van der Waals surface area (Å²) in [5, 5.41) is 0. The van der Waals surface area contributed by atoms with Crippen LogP contribution in [-0.2, 0) is 9.47 Å². The second-order valence-corrected chi connectivity index (χ2v) is 4.51. The highest BCUT2D eigenvalue weighted by molar-refractivity contribution is 4.79. The summed E-state index contributed by atoms with van der Waals surface area (Å²) in [6.07, 6.45) is 13.6. The Kier molecular flexibility index (Phi) is 5.59. The molecule has 1 rings (SSSR count). The van der Waals surface area contributed by atoms with E-state index in [1.807, 2.05) is 6.92 Å². The Morgan fingerprint density at radius 2 is 1.40 bits per heavy atom. The number of ether oxygens (including phenoxy) is 2. The molecule has 2 heteroatoms. The van der Waals surface area contributed by atoms with Crippen molar-refractivity contribution in [3.05, 3.63) is 12.5 Å². The summed E-state index contributed by atoms with van der Waals surface area (Å²) in [5.41, 5.74) is 0. The summed E-state index contributed by atoms with van der Waals surface area (Å²) in [4.78, 5) is 0. The quantitative estimate of drug-likeness (QED) is 0.556. The van der Waals surface area contributed by atoms with Crippen LogP contribution in [0.4, 0.5) is 0 Å². The third kappa shape index (κ3) is 5.10. The third-order valence-electron chi connectivity index (χ3n) is 2.92. The van der Waals surface area contributed by atoms with Gasteiger partial charge in [0.2, 0.25) is 5.79 Å². The van der Waals surface area contributed by atoms with E-state index in [1.165, 1.54) is 44.9 Å². The van der Waals surface area contributed by atoms with Crippen molar-refractivity contribution in [1.29, 1.82) is 0 Å². The molecule has 0 radical (unpaired) electrons. The van der Waals surface area contributed by atoms with Crippen molar-refractivity contribution in [2.45, 2.75) is 71.0 Å². The molecule has 15 heavy (non-hydrogen) atoms. The van der Waals surface area contributed by atoms with Gasteiger partial charge in [0.05, 0.1) is 0 Å². The Balaban J connectivity index is 1.88. The van der Waals surface area contributed by atoms with E-state index in [2.05, 4.69) is 6.92 Å². The Labute approximate surface area is 93.7 Å². The minimum Gasteiger partial charge on any atom is -0.457 e. The average Bonchev–Trinajstić information content (AvgIpc) is 2.64. The molecule has 88 valence electrons. The Morgan fingerprint density at radius 1 is 0.867 bits per heavy atom. The van der Waals surface area contributed by atoms with Crippen LogP contribution in [-0.4, -0.2) is 5.79 Å². The summed E-state index contributed by atoms with van der Waals surface area (Å²) in [6.45, 7) is 4.26. The van der Waals surface area contributed by atoms with E-state index < -0.39 is 0 Å². The first-order chi connectivity index (χ1) is 7.27. The fourth-order valence-electron chi connectivity index (χ4n) is 1.89. The Morgan fingerprint density at radius 3 is 2.00 bits per heavy atom. The summed E-state index contributed by atoms with van der Waals surface area (Å²) < 4.78 is 10.8. The molecular formula is C13H24O2. The van der Waals surface area contributed by atoms with Crippen molar-refractivity contribution in [2.75, 3.05) is 0 Å². The number of unbranched alkanes of at least 4 members (excludes halogenated alkanes) is 6. The molecule has 0 saturated heterocycles. The SMILES string of the molecule is CCCCCCCCCC1(C)OC=CO1. The van der Waals surface area contributed by atoms with E-state index in [0.717, 1.165) is 6.42 Å². The second-order valence-electron chi connectivity index (χ2n) is 4.51. The monoisotopic (exact) mass is 212 g/mol. The van der Waals surface area contributed by atoms with Gasteiger partial charge in [-0.05, 0) is 6.42 Å². The van der Waals surface area contributed by atoms with Crippen molar-refractivity contribution < 1.29 is 9.47 Å². The fraction of sp³-hybridized carbons (Fsp3) is 0.846. The van der Waals surface area contributed by atoms with E-state index in [4.69, 9.17) is 9.47 Å². The van der Waals surface area contributed by atoms with Crippen LogP contribution < -0.4 is 0 Å². The molecule has 0 aromatic rings. The molecule has 2 nitrogen and oxygen atoms in total. The minimum absolute atomic E-state index is 0.372. The van der Waals surface area contributed by atoms with E-state index in [0.29, 0.717) is 0 Å². The van der Waals surface area contributed by atoms with E-state index >= 15 is 0 Å². The largest absolute Gasteiger partial charge is 0.457 e. The zero-order valence-electron chi connectivity index (χ0n) is 10.1. The lowest BCUT2D eigenvalue weighted by Gasteiger charge is -2.22. The van der Waals surface area contributed by atoms with Gasteiger partial charge < -0.3 is 9.47 Å².